The normalized spacial score (nSPS) is 12.9. The average Bonchev–Trinajstić information content (AvgIpc) is 3.00. The molecule has 0 unspecified atom stereocenters. The quantitative estimate of drug-likeness (QED) is 0.306. The number of hydrogen-bond donors (Lipinski definition) is 2. The Bertz CT molecular complexity index is 1270. The highest BCUT2D eigenvalue weighted by Gasteiger charge is 2.25. The summed E-state index contributed by atoms with van der Waals surface area (Å²) in [6.45, 7) is 6.30. The van der Waals surface area contributed by atoms with Crippen molar-refractivity contribution in [2.75, 3.05) is 69.8 Å². The highest BCUT2D eigenvalue weighted by atomic mass is 35.5. The molecule has 2 aromatic carbocycles. The van der Waals surface area contributed by atoms with E-state index in [1.54, 1.807) is 36.4 Å². The number of amides is 3. The van der Waals surface area contributed by atoms with Crippen LogP contribution < -0.4 is 20.9 Å². The molecule has 3 amide bonds. The van der Waals surface area contributed by atoms with Crippen LogP contribution in [-0.2, 0) is 24.0 Å². The lowest BCUT2D eigenvalue weighted by Gasteiger charge is -2.30. The molecule has 0 radical (unpaired) electrons. The van der Waals surface area contributed by atoms with Crippen molar-refractivity contribution < 1.29 is 33.5 Å². The highest BCUT2D eigenvalue weighted by Crippen LogP contribution is 2.29. The summed E-state index contributed by atoms with van der Waals surface area (Å²) in [5.74, 6) is 3.62. The van der Waals surface area contributed by atoms with Crippen molar-refractivity contribution in [3.05, 3.63) is 53.1 Å². The zero-order valence-electron chi connectivity index (χ0n) is 24.8. The number of morpholine rings is 1. The van der Waals surface area contributed by atoms with Gasteiger partial charge in [0.05, 0.1) is 44.0 Å². The molecule has 1 heterocycles. The standard InChI is InChI=1S/C30H40ClN5O7/c1-21(2)9-11-35(19-27(37)33-23-7-8-26(25(31)18-23)34-13-15-42-16-14-34)28(38)20-36(12-10-29(39)43-32)30(40)22-5-4-6-24(17-22)41-3/h4-8,17-18,21H,9-16,19-20,32H2,1-3H3,(H,33,37). The molecule has 12 nitrogen and oxygen atoms in total. The average molecular weight is 618 g/mol. The monoisotopic (exact) mass is 617 g/mol. The van der Waals surface area contributed by atoms with Gasteiger partial charge in [-0.05, 0) is 48.7 Å². The van der Waals surface area contributed by atoms with E-state index < -0.39 is 23.7 Å². The second-order valence-electron chi connectivity index (χ2n) is 10.5. The third-order valence-electron chi connectivity index (χ3n) is 6.89. The number of benzene rings is 2. The zero-order chi connectivity index (χ0) is 31.4. The predicted octanol–water partition coefficient (Wildman–Crippen LogP) is 2.95. The molecule has 0 saturated carbocycles. The first-order valence-electron chi connectivity index (χ1n) is 14.1. The van der Waals surface area contributed by atoms with E-state index in [4.69, 9.17) is 27.0 Å². The molecule has 0 atom stereocenters. The zero-order valence-corrected chi connectivity index (χ0v) is 25.6. The van der Waals surface area contributed by atoms with Gasteiger partial charge in [0.15, 0.2) is 0 Å². The van der Waals surface area contributed by atoms with E-state index in [0.29, 0.717) is 42.6 Å². The first-order chi connectivity index (χ1) is 20.6. The Morgan fingerprint density at radius 3 is 2.44 bits per heavy atom. The highest BCUT2D eigenvalue weighted by molar-refractivity contribution is 6.33. The van der Waals surface area contributed by atoms with Crippen LogP contribution in [0, 0.1) is 5.92 Å². The lowest BCUT2D eigenvalue weighted by Crippen LogP contribution is -2.46. The van der Waals surface area contributed by atoms with Crippen molar-refractivity contribution in [3.8, 4) is 5.75 Å². The fraction of sp³-hybridized carbons (Fsp3) is 0.467. The largest absolute Gasteiger partial charge is 0.497 e. The second kappa shape index (κ2) is 16.7. The van der Waals surface area contributed by atoms with Crippen LogP contribution in [0.15, 0.2) is 42.5 Å². The van der Waals surface area contributed by atoms with E-state index in [9.17, 15) is 19.2 Å². The van der Waals surface area contributed by atoms with Gasteiger partial charge >= 0.3 is 5.97 Å². The van der Waals surface area contributed by atoms with Gasteiger partial charge in [-0.25, -0.2) is 0 Å². The van der Waals surface area contributed by atoms with E-state index in [1.165, 1.54) is 16.9 Å². The predicted molar refractivity (Wildman–Crippen MR) is 163 cm³/mol. The lowest BCUT2D eigenvalue weighted by atomic mass is 10.1. The van der Waals surface area contributed by atoms with Crippen LogP contribution >= 0.6 is 11.6 Å². The van der Waals surface area contributed by atoms with E-state index in [0.717, 1.165) is 18.8 Å². The molecule has 13 heteroatoms. The number of carbonyl (C=O) groups is 4. The smallest absolute Gasteiger partial charge is 0.326 e. The number of carbonyl (C=O) groups excluding carboxylic acids is 4. The number of ether oxygens (including phenoxy) is 2. The molecule has 2 aromatic rings. The molecule has 0 aliphatic carbocycles. The number of anilines is 2. The Kier molecular flexibility index (Phi) is 13.0. The summed E-state index contributed by atoms with van der Waals surface area (Å²) in [6, 6.07) is 11.8. The van der Waals surface area contributed by atoms with Gasteiger partial charge in [0.2, 0.25) is 11.8 Å². The van der Waals surface area contributed by atoms with Crippen molar-refractivity contribution in [2.24, 2.45) is 11.8 Å². The maximum absolute atomic E-state index is 13.6. The lowest BCUT2D eigenvalue weighted by molar-refractivity contribution is -0.144. The minimum absolute atomic E-state index is 0.115. The number of nitrogens with zero attached hydrogens (tertiary/aromatic N) is 3. The fourth-order valence-corrected chi connectivity index (χ4v) is 4.76. The molecule has 1 fully saturated rings. The Balaban J connectivity index is 1.73. The number of hydrogen-bond acceptors (Lipinski definition) is 9. The third kappa shape index (κ3) is 10.4. The van der Waals surface area contributed by atoms with Gasteiger partial charge in [0.1, 0.15) is 12.3 Å². The molecule has 0 spiro atoms. The SMILES string of the molecule is COc1cccc(C(=O)N(CCC(=O)ON)CC(=O)N(CCC(C)C)CC(=O)Nc2ccc(N3CCOCC3)c(Cl)c2)c1. The molecule has 1 aliphatic heterocycles. The number of nitrogens with two attached hydrogens (primary N) is 1. The van der Waals surface area contributed by atoms with Crippen LogP contribution in [0.5, 0.6) is 5.75 Å². The summed E-state index contributed by atoms with van der Waals surface area (Å²) < 4.78 is 10.6. The Labute approximate surface area is 256 Å². The van der Waals surface area contributed by atoms with Crippen molar-refractivity contribution in [1.29, 1.82) is 0 Å². The van der Waals surface area contributed by atoms with Gasteiger partial charge in [0.25, 0.3) is 5.91 Å². The first kappa shape index (κ1) is 33.6. The maximum Gasteiger partial charge on any atom is 0.326 e. The van der Waals surface area contributed by atoms with Crippen LogP contribution in [0.4, 0.5) is 11.4 Å². The Morgan fingerprint density at radius 2 is 1.79 bits per heavy atom. The van der Waals surface area contributed by atoms with Crippen LogP contribution in [0.3, 0.4) is 0 Å². The molecule has 234 valence electrons. The number of methoxy groups -OCH3 is 1. The van der Waals surface area contributed by atoms with Crippen LogP contribution in [-0.4, -0.2) is 93.1 Å². The second-order valence-corrected chi connectivity index (χ2v) is 10.9. The summed E-state index contributed by atoms with van der Waals surface area (Å²) in [6.07, 6.45) is 0.426. The summed E-state index contributed by atoms with van der Waals surface area (Å²) in [5.41, 5.74) is 1.63. The number of nitrogens with one attached hydrogen (secondary N) is 1. The third-order valence-corrected chi connectivity index (χ3v) is 7.20. The van der Waals surface area contributed by atoms with Gasteiger partial charge in [-0.3, -0.25) is 19.2 Å². The van der Waals surface area contributed by atoms with Gasteiger partial charge < -0.3 is 34.3 Å². The molecule has 43 heavy (non-hydrogen) atoms. The summed E-state index contributed by atoms with van der Waals surface area (Å²) in [5, 5.41) is 3.31. The molecule has 1 saturated heterocycles. The molecule has 0 bridgehead atoms. The fourth-order valence-electron chi connectivity index (χ4n) is 4.46. The van der Waals surface area contributed by atoms with Crippen LogP contribution in [0.1, 0.15) is 37.0 Å². The van der Waals surface area contributed by atoms with Gasteiger partial charge in [-0.15, -0.1) is 0 Å². The van der Waals surface area contributed by atoms with Crippen LogP contribution in [0.25, 0.3) is 0 Å². The molecular formula is C30H40ClN5O7. The first-order valence-corrected chi connectivity index (χ1v) is 14.5. The molecule has 3 N–H and O–H groups in total. The van der Waals surface area contributed by atoms with E-state index in [1.807, 2.05) is 19.9 Å². The Morgan fingerprint density at radius 1 is 1.05 bits per heavy atom. The molecule has 1 aliphatic rings. The van der Waals surface area contributed by atoms with Crippen molar-refractivity contribution >= 4 is 46.7 Å². The van der Waals surface area contributed by atoms with E-state index in [-0.39, 0.29) is 37.5 Å². The maximum atomic E-state index is 13.6. The van der Waals surface area contributed by atoms with E-state index in [2.05, 4.69) is 15.1 Å². The van der Waals surface area contributed by atoms with Gasteiger partial charge in [-0.2, -0.15) is 5.90 Å². The van der Waals surface area contributed by atoms with Crippen molar-refractivity contribution in [1.82, 2.24) is 9.80 Å². The topological polar surface area (TPSA) is 144 Å². The van der Waals surface area contributed by atoms with Gasteiger partial charge in [-0.1, -0.05) is 31.5 Å². The van der Waals surface area contributed by atoms with E-state index >= 15 is 0 Å². The molecule has 3 rings (SSSR count). The van der Waals surface area contributed by atoms with Crippen LogP contribution in [0.2, 0.25) is 5.02 Å². The number of rotatable bonds is 14. The molecule has 0 aromatic heterocycles. The minimum atomic E-state index is -0.731. The summed E-state index contributed by atoms with van der Waals surface area (Å²) >= 11 is 6.52. The van der Waals surface area contributed by atoms with Gasteiger partial charge in [0, 0.05) is 37.4 Å². The summed E-state index contributed by atoms with van der Waals surface area (Å²) in [7, 11) is 1.48. The van der Waals surface area contributed by atoms with Crippen molar-refractivity contribution in [2.45, 2.75) is 26.7 Å². The number of halogens is 1. The minimum Gasteiger partial charge on any atom is -0.497 e. The van der Waals surface area contributed by atoms with Crippen molar-refractivity contribution in [3.63, 3.8) is 0 Å². The summed E-state index contributed by atoms with van der Waals surface area (Å²) in [4.78, 5) is 60.8. The Hall–Kier alpha value is -3.87. The molecular weight excluding hydrogens is 578 g/mol.